The normalized spacial score (nSPS) is 19.7. The summed E-state index contributed by atoms with van der Waals surface area (Å²) >= 11 is 0. The summed E-state index contributed by atoms with van der Waals surface area (Å²) in [6.45, 7) is -0.0415. The maximum absolute atomic E-state index is 13.5. The summed E-state index contributed by atoms with van der Waals surface area (Å²) in [7, 11) is -3.93. The molecule has 1 unspecified atom stereocenters. The van der Waals surface area contributed by atoms with Crippen LogP contribution in [0.25, 0.3) is 0 Å². The van der Waals surface area contributed by atoms with Crippen LogP contribution in [0.3, 0.4) is 0 Å². The highest BCUT2D eigenvalue weighted by Gasteiger charge is 2.36. The molecule has 0 radical (unpaired) electrons. The van der Waals surface area contributed by atoms with Crippen LogP contribution in [0.15, 0.2) is 23.1 Å². The zero-order valence-corrected chi connectivity index (χ0v) is 11.1. The van der Waals surface area contributed by atoms with E-state index in [1.807, 2.05) is 0 Å². The summed E-state index contributed by atoms with van der Waals surface area (Å²) in [6.07, 6.45) is 0.229. The van der Waals surface area contributed by atoms with Crippen molar-refractivity contribution in [3.05, 3.63) is 29.6 Å². The van der Waals surface area contributed by atoms with Gasteiger partial charge in [0.05, 0.1) is 16.4 Å². The summed E-state index contributed by atoms with van der Waals surface area (Å²) in [6, 6.07) is 4.62. The predicted octanol–water partition coefficient (Wildman–Crippen LogP) is 0.793. The number of aliphatic carboxylic acids is 1. The fourth-order valence-electron chi connectivity index (χ4n) is 2.04. The smallest absolute Gasteiger partial charge is 0.307 e. The maximum atomic E-state index is 13.5. The van der Waals surface area contributed by atoms with E-state index in [9.17, 15) is 17.6 Å². The fraction of sp³-hybridized carbons (Fsp3) is 0.333. The van der Waals surface area contributed by atoms with Crippen molar-refractivity contribution in [3.63, 3.8) is 0 Å². The first-order valence-electron chi connectivity index (χ1n) is 5.79. The van der Waals surface area contributed by atoms with E-state index in [0.717, 1.165) is 22.5 Å². The van der Waals surface area contributed by atoms with Crippen molar-refractivity contribution < 1.29 is 22.7 Å². The van der Waals surface area contributed by atoms with Gasteiger partial charge in [0.25, 0.3) is 0 Å². The summed E-state index contributed by atoms with van der Waals surface area (Å²) in [5, 5.41) is 17.5. The number of nitriles is 1. The van der Waals surface area contributed by atoms with Crippen LogP contribution in [0.4, 0.5) is 4.39 Å². The van der Waals surface area contributed by atoms with Crippen molar-refractivity contribution in [1.29, 1.82) is 5.26 Å². The van der Waals surface area contributed by atoms with Crippen LogP contribution in [0.1, 0.15) is 12.0 Å². The number of hydrogen-bond donors (Lipinski definition) is 1. The Labute approximate surface area is 115 Å². The molecule has 1 saturated heterocycles. The second-order valence-corrected chi connectivity index (χ2v) is 6.38. The topological polar surface area (TPSA) is 98.5 Å². The van der Waals surface area contributed by atoms with E-state index in [-0.39, 0.29) is 30.0 Å². The number of benzene rings is 1. The molecule has 20 heavy (non-hydrogen) atoms. The van der Waals surface area contributed by atoms with Gasteiger partial charge < -0.3 is 5.11 Å². The lowest BCUT2D eigenvalue weighted by molar-refractivity contribution is -0.141. The molecule has 1 aliphatic heterocycles. The molecule has 1 N–H and O–H groups in total. The van der Waals surface area contributed by atoms with Crippen LogP contribution in [-0.2, 0) is 14.8 Å². The molecule has 1 heterocycles. The van der Waals surface area contributed by atoms with Gasteiger partial charge in [-0.3, -0.25) is 4.79 Å². The van der Waals surface area contributed by atoms with Crippen LogP contribution in [0, 0.1) is 23.1 Å². The molecule has 106 valence electrons. The average molecular weight is 298 g/mol. The molecular formula is C12H11FN2O4S. The molecule has 0 saturated carbocycles. The predicted molar refractivity (Wildman–Crippen MR) is 65.6 cm³/mol. The first-order valence-corrected chi connectivity index (χ1v) is 7.23. The minimum atomic E-state index is -3.93. The lowest BCUT2D eigenvalue weighted by Crippen LogP contribution is -2.30. The molecule has 0 spiro atoms. The molecule has 0 aliphatic carbocycles. The molecular weight excluding hydrogens is 287 g/mol. The Balaban J connectivity index is 2.30. The molecule has 0 bridgehead atoms. The average Bonchev–Trinajstić information content (AvgIpc) is 2.89. The largest absolute Gasteiger partial charge is 0.481 e. The Kier molecular flexibility index (Phi) is 3.74. The quantitative estimate of drug-likeness (QED) is 0.889. The highest BCUT2D eigenvalue weighted by molar-refractivity contribution is 7.89. The number of halogens is 1. The molecule has 8 heteroatoms. The van der Waals surface area contributed by atoms with Gasteiger partial charge in [-0.25, -0.2) is 12.8 Å². The maximum Gasteiger partial charge on any atom is 0.307 e. The Morgan fingerprint density at radius 1 is 1.50 bits per heavy atom. The minimum Gasteiger partial charge on any atom is -0.481 e. The van der Waals surface area contributed by atoms with E-state index >= 15 is 0 Å². The van der Waals surface area contributed by atoms with E-state index < -0.39 is 27.7 Å². The number of carbonyl (C=O) groups is 1. The van der Waals surface area contributed by atoms with Gasteiger partial charge in [-0.1, -0.05) is 0 Å². The van der Waals surface area contributed by atoms with E-state index in [1.54, 1.807) is 6.07 Å². The van der Waals surface area contributed by atoms with Crippen molar-refractivity contribution in [2.45, 2.75) is 11.3 Å². The summed E-state index contributed by atoms with van der Waals surface area (Å²) in [5.41, 5.74) is -0.242. The minimum absolute atomic E-state index is 0.0842. The van der Waals surface area contributed by atoms with Gasteiger partial charge >= 0.3 is 5.97 Å². The molecule has 1 aromatic carbocycles. The van der Waals surface area contributed by atoms with Crippen molar-refractivity contribution >= 4 is 16.0 Å². The highest BCUT2D eigenvalue weighted by Crippen LogP contribution is 2.25. The first kappa shape index (κ1) is 14.4. The number of hydrogen-bond acceptors (Lipinski definition) is 4. The molecule has 0 amide bonds. The molecule has 0 aromatic heterocycles. The van der Waals surface area contributed by atoms with Crippen LogP contribution in [0.5, 0.6) is 0 Å². The number of carboxylic acid groups (broad SMARTS) is 1. The number of carboxylic acids is 1. The number of rotatable bonds is 3. The molecule has 2 rings (SSSR count). The van der Waals surface area contributed by atoms with Crippen molar-refractivity contribution in [1.82, 2.24) is 4.31 Å². The Hall–Kier alpha value is -1.98. The van der Waals surface area contributed by atoms with Crippen molar-refractivity contribution in [3.8, 4) is 6.07 Å². The second kappa shape index (κ2) is 5.19. The summed E-state index contributed by atoms with van der Waals surface area (Å²) in [4.78, 5) is 10.6. The molecule has 1 aromatic rings. The van der Waals surface area contributed by atoms with Crippen LogP contribution >= 0.6 is 0 Å². The van der Waals surface area contributed by atoms with Crippen molar-refractivity contribution in [2.24, 2.45) is 5.92 Å². The van der Waals surface area contributed by atoms with E-state index in [1.165, 1.54) is 0 Å². The van der Waals surface area contributed by atoms with Gasteiger partial charge in [0, 0.05) is 13.1 Å². The third-order valence-corrected chi connectivity index (χ3v) is 5.06. The monoisotopic (exact) mass is 298 g/mol. The van der Waals surface area contributed by atoms with E-state index in [2.05, 4.69) is 0 Å². The van der Waals surface area contributed by atoms with Gasteiger partial charge in [0.15, 0.2) is 0 Å². The highest BCUT2D eigenvalue weighted by atomic mass is 32.2. The Bertz CT molecular complexity index is 696. The van der Waals surface area contributed by atoms with Gasteiger partial charge in [-0.15, -0.1) is 0 Å². The summed E-state index contributed by atoms with van der Waals surface area (Å²) < 4.78 is 39.0. The molecule has 1 fully saturated rings. The zero-order valence-electron chi connectivity index (χ0n) is 10.3. The second-order valence-electron chi connectivity index (χ2n) is 4.44. The Morgan fingerprint density at radius 2 is 2.20 bits per heavy atom. The van der Waals surface area contributed by atoms with Crippen LogP contribution in [-0.4, -0.2) is 36.9 Å². The van der Waals surface area contributed by atoms with Crippen LogP contribution in [0.2, 0.25) is 0 Å². The standard InChI is InChI=1S/C12H11FN2O4S/c13-11-5-10(2-1-8(11)6-14)20(18,19)15-4-3-9(7-15)12(16)17/h1-2,5,9H,3-4,7H2,(H,16,17). The first-order chi connectivity index (χ1) is 9.36. The number of nitrogens with zero attached hydrogens (tertiary/aromatic N) is 2. The number of sulfonamides is 1. The molecule has 1 aliphatic rings. The third kappa shape index (κ3) is 2.50. The molecule has 1 atom stereocenters. The zero-order chi connectivity index (χ0) is 14.9. The van der Waals surface area contributed by atoms with Gasteiger partial charge in [-0.05, 0) is 24.6 Å². The lowest BCUT2D eigenvalue weighted by Gasteiger charge is -2.16. The van der Waals surface area contributed by atoms with E-state index in [4.69, 9.17) is 10.4 Å². The SMILES string of the molecule is N#Cc1ccc(S(=O)(=O)N2CCC(C(=O)O)C2)cc1F. The lowest BCUT2D eigenvalue weighted by atomic mass is 10.1. The summed E-state index contributed by atoms with van der Waals surface area (Å²) in [5.74, 6) is -2.70. The van der Waals surface area contributed by atoms with Gasteiger partial charge in [0.1, 0.15) is 11.9 Å². The van der Waals surface area contributed by atoms with Crippen LogP contribution < -0.4 is 0 Å². The van der Waals surface area contributed by atoms with Crippen molar-refractivity contribution in [2.75, 3.05) is 13.1 Å². The Morgan fingerprint density at radius 3 is 2.70 bits per heavy atom. The molecule has 6 nitrogen and oxygen atoms in total. The fourth-order valence-corrected chi connectivity index (χ4v) is 3.56. The third-order valence-electron chi connectivity index (χ3n) is 3.20. The van der Waals surface area contributed by atoms with Gasteiger partial charge in [0.2, 0.25) is 10.0 Å². The van der Waals surface area contributed by atoms with E-state index in [0.29, 0.717) is 0 Å². The van der Waals surface area contributed by atoms with Gasteiger partial charge in [-0.2, -0.15) is 9.57 Å².